The SMILES string of the molecule is CSCC[C@H](N)C(=O)Nc1cccc(C(F)(F)F)c1. The monoisotopic (exact) mass is 292 g/mol. The molecule has 0 aromatic heterocycles. The summed E-state index contributed by atoms with van der Waals surface area (Å²) >= 11 is 1.55. The average Bonchev–Trinajstić information content (AvgIpc) is 2.35. The van der Waals surface area contributed by atoms with Crippen molar-refractivity contribution < 1.29 is 18.0 Å². The molecule has 106 valence electrons. The van der Waals surface area contributed by atoms with E-state index in [0.717, 1.165) is 17.9 Å². The first kappa shape index (κ1) is 15.8. The molecule has 0 spiro atoms. The van der Waals surface area contributed by atoms with Gasteiger partial charge in [0.2, 0.25) is 5.91 Å². The lowest BCUT2D eigenvalue weighted by molar-refractivity contribution is -0.137. The third kappa shape index (κ3) is 5.12. The summed E-state index contributed by atoms with van der Waals surface area (Å²) in [5.74, 6) is 0.241. The van der Waals surface area contributed by atoms with Crippen LogP contribution in [-0.4, -0.2) is 24.0 Å². The molecule has 0 aliphatic heterocycles. The number of rotatable bonds is 5. The van der Waals surface area contributed by atoms with Crippen molar-refractivity contribution in [3.05, 3.63) is 29.8 Å². The van der Waals surface area contributed by atoms with Gasteiger partial charge in [0.1, 0.15) is 0 Å². The Morgan fingerprint density at radius 3 is 2.74 bits per heavy atom. The predicted octanol–water partition coefficient (Wildman–Crippen LogP) is 2.72. The van der Waals surface area contributed by atoms with Crippen molar-refractivity contribution in [3.8, 4) is 0 Å². The highest BCUT2D eigenvalue weighted by atomic mass is 32.2. The minimum atomic E-state index is -4.43. The Morgan fingerprint density at radius 1 is 1.47 bits per heavy atom. The molecule has 0 radical (unpaired) electrons. The Morgan fingerprint density at radius 2 is 2.16 bits per heavy atom. The van der Waals surface area contributed by atoms with Crippen LogP contribution in [0.2, 0.25) is 0 Å². The molecule has 3 N–H and O–H groups in total. The number of carbonyl (C=O) groups excluding carboxylic acids is 1. The average molecular weight is 292 g/mol. The highest BCUT2D eigenvalue weighted by Crippen LogP contribution is 2.30. The zero-order valence-electron chi connectivity index (χ0n) is 10.3. The number of alkyl halides is 3. The lowest BCUT2D eigenvalue weighted by atomic mass is 10.1. The lowest BCUT2D eigenvalue weighted by Gasteiger charge is -2.13. The topological polar surface area (TPSA) is 55.1 Å². The van der Waals surface area contributed by atoms with Gasteiger partial charge in [0.25, 0.3) is 0 Å². The summed E-state index contributed by atoms with van der Waals surface area (Å²) in [6.45, 7) is 0. The molecule has 0 aliphatic rings. The Labute approximate surface area is 113 Å². The maximum Gasteiger partial charge on any atom is 0.416 e. The summed E-state index contributed by atoms with van der Waals surface area (Å²) in [5.41, 5.74) is 4.92. The van der Waals surface area contributed by atoms with Crippen LogP contribution < -0.4 is 11.1 Å². The lowest BCUT2D eigenvalue weighted by Crippen LogP contribution is -2.36. The standard InChI is InChI=1S/C12H15F3N2OS/c1-19-6-5-10(16)11(18)17-9-4-2-3-8(7-9)12(13,14)15/h2-4,7,10H,5-6,16H2,1H3,(H,17,18)/t10-/m0/s1. The van der Waals surface area contributed by atoms with Crippen LogP contribution in [0, 0.1) is 0 Å². The summed E-state index contributed by atoms with van der Waals surface area (Å²) in [6, 6.07) is 3.75. The van der Waals surface area contributed by atoms with Crippen LogP contribution >= 0.6 is 11.8 Å². The van der Waals surface area contributed by atoms with Gasteiger partial charge in [-0.3, -0.25) is 4.79 Å². The van der Waals surface area contributed by atoms with Crippen LogP contribution in [-0.2, 0) is 11.0 Å². The molecule has 0 bridgehead atoms. The van der Waals surface area contributed by atoms with Gasteiger partial charge in [-0.15, -0.1) is 0 Å². The van der Waals surface area contributed by atoms with Gasteiger partial charge in [-0.25, -0.2) is 0 Å². The first-order chi connectivity index (χ1) is 8.84. The van der Waals surface area contributed by atoms with Crippen LogP contribution in [0.3, 0.4) is 0 Å². The smallest absolute Gasteiger partial charge is 0.325 e. The zero-order chi connectivity index (χ0) is 14.5. The normalized spacial score (nSPS) is 13.1. The molecule has 0 aliphatic carbocycles. The molecule has 0 heterocycles. The second-order valence-electron chi connectivity index (χ2n) is 3.96. The summed E-state index contributed by atoms with van der Waals surface area (Å²) in [4.78, 5) is 11.7. The Bertz CT molecular complexity index is 437. The predicted molar refractivity (Wildman–Crippen MR) is 71.0 cm³/mol. The largest absolute Gasteiger partial charge is 0.416 e. The van der Waals surface area contributed by atoms with E-state index in [1.54, 1.807) is 11.8 Å². The second-order valence-corrected chi connectivity index (χ2v) is 4.94. The fraction of sp³-hybridized carbons (Fsp3) is 0.417. The number of thioether (sulfide) groups is 1. The van der Waals surface area contributed by atoms with Crippen molar-refractivity contribution in [2.75, 3.05) is 17.3 Å². The maximum atomic E-state index is 12.5. The fourth-order valence-corrected chi connectivity index (χ4v) is 1.87. The summed E-state index contributed by atoms with van der Waals surface area (Å²) < 4.78 is 37.5. The van der Waals surface area contributed by atoms with E-state index < -0.39 is 23.7 Å². The summed E-state index contributed by atoms with van der Waals surface area (Å²) in [5, 5.41) is 2.39. The van der Waals surface area contributed by atoms with E-state index in [2.05, 4.69) is 5.32 Å². The second kappa shape index (κ2) is 6.81. The van der Waals surface area contributed by atoms with Crippen molar-refractivity contribution in [1.82, 2.24) is 0 Å². The molecule has 1 aromatic carbocycles. The number of carbonyl (C=O) groups is 1. The molecule has 1 aromatic rings. The molecular weight excluding hydrogens is 277 g/mol. The van der Waals surface area contributed by atoms with Crippen LogP contribution in [0.5, 0.6) is 0 Å². The number of anilines is 1. The summed E-state index contributed by atoms with van der Waals surface area (Å²) in [6.07, 6.45) is -2.06. The van der Waals surface area contributed by atoms with E-state index in [-0.39, 0.29) is 5.69 Å². The van der Waals surface area contributed by atoms with Gasteiger partial charge >= 0.3 is 6.18 Å². The van der Waals surface area contributed by atoms with E-state index in [1.165, 1.54) is 12.1 Å². The highest BCUT2D eigenvalue weighted by Gasteiger charge is 2.30. The Kier molecular flexibility index (Phi) is 5.68. The van der Waals surface area contributed by atoms with Gasteiger partial charge in [-0.1, -0.05) is 6.07 Å². The highest BCUT2D eigenvalue weighted by molar-refractivity contribution is 7.98. The minimum Gasteiger partial charge on any atom is -0.325 e. The van der Waals surface area contributed by atoms with Gasteiger partial charge < -0.3 is 11.1 Å². The number of amides is 1. The third-order valence-corrected chi connectivity index (χ3v) is 3.07. The zero-order valence-corrected chi connectivity index (χ0v) is 11.1. The summed E-state index contributed by atoms with van der Waals surface area (Å²) in [7, 11) is 0. The number of halogens is 3. The molecule has 0 unspecified atom stereocenters. The van der Waals surface area contributed by atoms with Gasteiger partial charge in [0.15, 0.2) is 0 Å². The fourth-order valence-electron chi connectivity index (χ4n) is 1.38. The van der Waals surface area contributed by atoms with Crippen molar-refractivity contribution in [2.45, 2.75) is 18.6 Å². The third-order valence-electron chi connectivity index (χ3n) is 2.43. The molecule has 0 fully saturated rings. The molecular formula is C12H15F3N2OS. The van der Waals surface area contributed by atoms with Crippen molar-refractivity contribution in [1.29, 1.82) is 0 Å². The van der Waals surface area contributed by atoms with E-state index in [1.807, 2.05) is 6.26 Å². The van der Waals surface area contributed by atoms with Gasteiger partial charge in [0.05, 0.1) is 11.6 Å². The van der Waals surface area contributed by atoms with E-state index in [4.69, 9.17) is 5.73 Å². The van der Waals surface area contributed by atoms with Crippen molar-refractivity contribution in [3.63, 3.8) is 0 Å². The molecule has 0 saturated carbocycles. The number of hydrogen-bond donors (Lipinski definition) is 2. The van der Waals surface area contributed by atoms with Crippen molar-refractivity contribution >= 4 is 23.4 Å². The van der Waals surface area contributed by atoms with Crippen molar-refractivity contribution in [2.24, 2.45) is 5.73 Å². The van der Waals surface area contributed by atoms with E-state index >= 15 is 0 Å². The quantitative estimate of drug-likeness (QED) is 0.877. The van der Waals surface area contributed by atoms with Gasteiger partial charge in [-0.05, 0) is 36.6 Å². The Balaban J connectivity index is 2.69. The first-order valence-electron chi connectivity index (χ1n) is 5.57. The van der Waals surface area contributed by atoms with Crippen LogP contribution in [0.25, 0.3) is 0 Å². The molecule has 0 saturated heterocycles. The van der Waals surface area contributed by atoms with Crippen LogP contribution in [0.4, 0.5) is 18.9 Å². The molecule has 7 heteroatoms. The number of benzene rings is 1. The molecule has 19 heavy (non-hydrogen) atoms. The van der Waals surface area contributed by atoms with Gasteiger partial charge in [0, 0.05) is 5.69 Å². The Hall–Kier alpha value is -1.21. The first-order valence-corrected chi connectivity index (χ1v) is 6.96. The van der Waals surface area contributed by atoms with E-state index in [9.17, 15) is 18.0 Å². The minimum absolute atomic E-state index is 0.0967. The number of nitrogens with two attached hydrogens (primary N) is 1. The maximum absolute atomic E-state index is 12.5. The van der Waals surface area contributed by atoms with Crippen LogP contribution in [0.15, 0.2) is 24.3 Å². The molecule has 1 amide bonds. The molecule has 1 rings (SSSR count). The molecule has 3 nitrogen and oxygen atoms in total. The van der Waals surface area contributed by atoms with Gasteiger partial charge in [-0.2, -0.15) is 24.9 Å². The number of hydrogen-bond acceptors (Lipinski definition) is 3. The number of nitrogens with one attached hydrogen (secondary N) is 1. The molecule has 1 atom stereocenters. The van der Waals surface area contributed by atoms with E-state index in [0.29, 0.717) is 6.42 Å². The van der Waals surface area contributed by atoms with Crippen LogP contribution in [0.1, 0.15) is 12.0 Å².